The highest BCUT2D eigenvalue weighted by molar-refractivity contribution is 5.06. The molecule has 14 heavy (non-hydrogen) atoms. The number of nitrogens with two attached hydrogens (primary N) is 1. The third kappa shape index (κ3) is 2.00. The number of rotatable bonds is 4. The highest BCUT2D eigenvalue weighted by Gasteiger charge is 2.01. The SMILES string of the molecule is NCCc1cn(Cc2ccoc2)nn1. The van der Waals surface area contributed by atoms with Gasteiger partial charge in [-0.2, -0.15) is 0 Å². The smallest absolute Gasteiger partial charge is 0.0953 e. The molecular weight excluding hydrogens is 180 g/mol. The molecule has 0 aliphatic heterocycles. The van der Waals surface area contributed by atoms with Crippen molar-refractivity contribution < 1.29 is 4.42 Å². The minimum absolute atomic E-state index is 0.602. The second-order valence-corrected chi connectivity index (χ2v) is 3.08. The maximum absolute atomic E-state index is 5.41. The van der Waals surface area contributed by atoms with E-state index in [2.05, 4.69) is 10.3 Å². The normalized spacial score (nSPS) is 10.6. The predicted octanol–water partition coefficient (Wildman–Crippen LogP) is 0.421. The van der Waals surface area contributed by atoms with Crippen LogP contribution in [0.4, 0.5) is 0 Å². The van der Waals surface area contributed by atoms with Gasteiger partial charge >= 0.3 is 0 Å². The maximum Gasteiger partial charge on any atom is 0.0953 e. The number of hydrogen-bond donors (Lipinski definition) is 1. The lowest BCUT2D eigenvalue weighted by molar-refractivity contribution is 0.558. The van der Waals surface area contributed by atoms with Crippen molar-refractivity contribution in [2.24, 2.45) is 5.73 Å². The summed E-state index contributed by atoms with van der Waals surface area (Å²) in [5.74, 6) is 0. The van der Waals surface area contributed by atoms with E-state index < -0.39 is 0 Å². The average Bonchev–Trinajstić information content (AvgIpc) is 2.79. The second kappa shape index (κ2) is 4.06. The standard InChI is InChI=1S/C9H12N4O/c10-3-1-9-6-13(12-11-9)5-8-2-4-14-7-8/h2,4,6-7H,1,3,5,10H2. The van der Waals surface area contributed by atoms with Gasteiger partial charge in [-0.1, -0.05) is 5.21 Å². The lowest BCUT2D eigenvalue weighted by Crippen LogP contribution is -2.02. The molecule has 0 fully saturated rings. The molecule has 0 aliphatic rings. The molecule has 0 bridgehead atoms. The molecule has 2 rings (SSSR count). The fraction of sp³-hybridized carbons (Fsp3) is 0.333. The molecule has 74 valence electrons. The van der Waals surface area contributed by atoms with Crippen molar-refractivity contribution in [1.29, 1.82) is 0 Å². The molecule has 0 unspecified atom stereocenters. The monoisotopic (exact) mass is 192 g/mol. The third-order valence-corrected chi connectivity index (χ3v) is 1.91. The Kier molecular flexibility index (Phi) is 2.60. The molecule has 2 heterocycles. The Morgan fingerprint density at radius 1 is 1.50 bits per heavy atom. The minimum Gasteiger partial charge on any atom is -0.472 e. The van der Waals surface area contributed by atoms with Gasteiger partial charge < -0.3 is 10.2 Å². The number of aromatic nitrogens is 3. The Bertz CT molecular complexity index is 379. The van der Waals surface area contributed by atoms with Gasteiger partial charge in [-0.05, 0) is 12.6 Å². The molecule has 5 heteroatoms. The van der Waals surface area contributed by atoms with Crippen LogP contribution in [0.15, 0.2) is 29.2 Å². The summed E-state index contributed by atoms with van der Waals surface area (Å²) >= 11 is 0. The van der Waals surface area contributed by atoms with Crippen LogP contribution in [-0.4, -0.2) is 21.5 Å². The lowest BCUT2D eigenvalue weighted by Gasteiger charge is -1.94. The number of hydrogen-bond acceptors (Lipinski definition) is 4. The van der Waals surface area contributed by atoms with Crippen LogP contribution in [0.2, 0.25) is 0 Å². The van der Waals surface area contributed by atoms with Crippen LogP contribution in [0.3, 0.4) is 0 Å². The van der Waals surface area contributed by atoms with Crippen molar-refractivity contribution in [2.45, 2.75) is 13.0 Å². The van der Waals surface area contributed by atoms with Gasteiger partial charge in [0.2, 0.25) is 0 Å². The zero-order valence-electron chi connectivity index (χ0n) is 7.76. The maximum atomic E-state index is 5.41. The summed E-state index contributed by atoms with van der Waals surface area (Å²) in [5.41, 5.74) is 7.42. The zero-order valence-corrected chi connectivity index (χ0v) is 7.76. The molecule has 0 saturated heterocycles. The van der Waals surface area contributed by atoms with E-state index in [9.17, 15) is 0 Å². The summed E-state index contributed by atoms with van der Waals surface area (Å²) in [6.07, 6.45) is 6.02. The Hall–Kier alpha value is -1.62. The van der Waals surface area contributed by atoms with Gasteiger partial charge in [-0.15, -0.1) is 5.10 Å². The van der Waals surface area contributed by atoms with Crippen molar-refractivity contribution in [1.82, 2.24) is 15.0 Å². The molecule has 0 aliphatic carbocycles. The molecule has 2 aromatic rings. The van der Waals surface area contributed by atoms with E-state index in [-0.39, 0.29) is 0 Å². The highest BCUT2D eigenvalue weighted by Crippen LogP contribution is 2.03. The molecule has 2 N–H and O–H groups in total. The molecular formula is C9H12N4O. The summed E-state index contributed by atoms with van der Waals surface area (Å²) < 4.78 is 6.73. The quantitative estimate of drug-likeness (QED) is 0.762. The number of nitrogens with zero attached hydrogens (tertiary/aromatic N) is 3. The van der Waals surface area contributed by atoms with Gasteiger partial charge in [-0.3, -0.25) is 0 Å². The van der Waals surface area contributed by atoms with Crippen molar-refractivity contribution in [2.75, 3.05) is 6.54 Å². The van der Waals surface area contributed by atoms with Crippen LogP contribution in [-0.2, 0) is 13.0 Å². The molecule has 2 aromatic heterocycles. The molecule has 0 aromatic carbocycles. The summed E-state index contributed by atoms with van der Waals surface area (Å²) in [4.78, 5) is 0. The summed E-state index contributed by atoms with van der Waals surface area (Å²) in [7, 11) is 0. The lowest BCUT2D eigenvalue weighted by atomic mass is 10.3. The van der Waals surface area contributed by atoms with Gasteiger partial charge in [0.05, 0.1) is 24.8 Å². The van der Waals surface area contributed by atoms with Crippen LogP contribution in [0.25, 0.3) is 0 Å². The fourth-order valence-corrected chi connectivity index (χ4v) is 1.25. The van der Waals surface area contributed by atoms with Gasteiger partial charge in [0.1, 0.15) is 0 Å². The van der Waals surface area contributed by atoms with Crippen LogP contribution in [0, 0.1) is 0 Å². The Morgan fingerprint density at radius 2 is 2.43 bits per heavy atom. The third-order valence-electron chi connectivity index (χ3n) is 1.91. The fourth-order valence-electron chi connectivity index (χ4n) is 1.25. The van der Waals surface area contributed by atoms with E-state index in [0.717, 1.165) is 17.7 Å². The summed E-state index contributed by atoms with van der Waals surface area (Å²) in [6.45, 7) is 1.29. The van der Waals surface area contributed by atoms with Crippen LogP contribution in [0.1, 0.15) is 11.3 Å². The first-order valence-electron chi connectivity index (χ1n) is 4.48. The Morgan fingerprint density at radius 3 is 3.14 bits per heavy atom. The molecule has 0 amide bonds. The zero-order chi connectivity index (χ0) is 9.80. The highest BCUT2D eigenvalue weighted by atomic mass is 16.3. The van der Waals surface area contributed by atoms with Gasteiger partial charge in [-0.25, -0.2) is 4.68 Å². The van der Waals surface area contributed by atoms with Crippen LogP contribution in [0.5, 0.6) is 0 Å². The van der Waals surface area contributed by atoms with E-state index in [1.54, 1.807) is 17.2 Å². The molecule has 0 saturated carbocycles. The van der Waals surface area contributed by atoms with E-state index in [0.29, 0.717) is 13.1 Å². The molecule has 5 nitrogen and oxygen atoms in total. The topological polar surface area (TPSA) is 69.9 Å². The second-order valence-electron chi connectivity index (χ2n) is 3.08. The van der Waals surface area contributed by atoms with Crippen LogP contribution < -0.4 is 5.73 Å². The van der Waals surface area contributed by atoms with E-state index >= 15 is 0 Å². The summed E-state index contributed by atoms with van der Waals surface area (Å²) in [5, 5.41) is 7.97. The molecule has 0 atom stereocenters. The molecule has 0 radical (unpaired) electrons. The van der Waals surface area contributed by atoms with Crippen molar-refractivity contribution in [3.8, 4) is 0 Å². The van der Waals surface area contributed by atoms with E-state index in [4.69, 9.17) is 10.2 Å². The average molecular weight is 192 g/mol. The van der Waals surface area contributed by atoms with Crippen molar-refractivity contribution >= 4 is 0 Å². The summed E-state index contributed by atoms with van der Waals surface area (Å²) in [6, 6.07) is 1.91. The number of furan rings is 1. The first-order chi connectivity index (χ1) is 6.88. The minimum atomic E-state index is 0.602. The largest absolute Gasteiger partial charge is 0.472 e. The predicted molar refractivity (Wildman–Crippen MR) is 50.6 cm³/mol. The van der Waals surface area contributed by atoms with Crippen LogP contribution >= 0.6 is 0 Å². The van der Waals surface area contributed by atoms with Crippen molar-refractivity contribution in [3.05, 3.63) is 36.0 Å². The Labute approximate surface area is 81.5 Å². The van der Waals surface area contributed by atoms with Gasteiger partial charge in [0.25, 0.3) is 0 Å². The van der Waals surface area contributed by atoms with E-state index in [1.807, 2.05) is 12.3 Å². The molecule has 0 spiro atoms. The van der Waals surface area contributed by atoms with E-state index in [1.165, 1.54) is 0 Å². The first kappa shape index (κ1) is 8.96. The Balaban J connectivity index is 2.03. The first-order valence-corrected chi connectivity index (χ1v) is 4.48. The van der Waals surface area contributed by atoms with Gasteiger partial charge in [0.15, 0.2) is 0 Å². The van der Waals surface area contributed by atoms with Gasteiger partial charge in [0, 0.05) is 18.2 Å². The van der Waals surface area contributed by atoms with Crippen molar-refractivity contribution in [3.63, 3.8) is 0 Å².